The van der Waals surface area contributed by atoms with Gasteiger partial charge in [0.05, 0.1) is 12.5 Å². The van der Waals surface area contributed by atoms with Crippen molar-refractivity contribution in [2.45, 2.75) is 127 Å². The molecule has 7 rings (SSSR count). The number of fused-ring (bicyclic) bond motifs is 5. The maximum atomic E-state index is 13.7. The van der Waals surface area contributed by atoms with Gasteiger partial charge in [0, 0.05) is 28.4 Å². The number of phenols is 1. The highest BCUT2D eigenvalue weighted by Crippen LogP contribution is 2.54. The van der Waals surface area contributed by atoms with Gasteiger partial charge in [-0.2, -0.15) is 0 Å². The molecular formula is C55H71NO6. The summed E-state index contributed by atoms with van der Waals surface area (Å²) in [6, 6.07) is 22.8. The highest BCUT2D eigenvalue weighted by Gasteiger charge is 2.53. The van der Waals surface area contributed by atoms with Crippen LogP contribution in [0.4, 0.5) is 0 Å². The molecule has 0 heterocycles. The van der Waals surface area contributed by atoms with Crippen molar-refractivity contribution in [2.24, 2.45) is 47.2 Å². The molecule has 332 valence electrons. The van der Waals surface area contributed by atoms with Gasteiger partial charge in [-0.15, -0.1) is 0 Å². The van der Waals surface area contributed by atoms with Crippen molar-refractivity contribution in [3.63, 3.8) is 0 Å². The Labute approximate surface area is 369 Å². The summed E-state index contributed by atoms with van der Waals surface area (Å²) in [5.74, 6) is -1.17. The number of aryl methyl sites for hydroxylation is 1. The SMILES string of the molecule is CCCCCc1cc([C@H]2Cc3cccc(c3)[C@]3(CC[C@@H]4C=c5ccccc5=C(O)[C@@H]4C3)[C@@H](C(=O)O)[C@H](CO)/C=C\C[C@@H]2CCCCC[C@H](C=O)[C@@H]2C=C(CCN)CC2)ccc1O. The van der Waals surface area contributed by atoms with E-state index in [1.165, 1.54) is 17.4 Å². The molecule has 62 heavy (non-hydrogen) atoms. The summed E-state index contributed by atoms with van der Waals surface area (Å²) in [4.78, 5) is 26.0. The molecule has 9 atom stereocenters. The van der Waals surface area contributed by atoms with Crippen LogP contribution in [0.2, 0.25) is 0 Å². The highest BCUT2D eigenvalue weighted by atomic mass is 16.4. The quantitative estimate of drug-likeness (QED) is 0.0518. The third kappa shape index (κ3) is 10.2. The Morgan fingerprint density at radius 2 is 1.79 bits per heavy atom. The van der Waals surface area contributed by atoms with Crippen LogP contribution < -0.4 is 16.2 Å². The van der Waals surface area contributed by atoms with Crippen LogP contribution in [-0.4, -0.2) is 45.8 Å². The number of hydrogen-bond donors (Lipinski definition) is 5. The number of carbonyl (C=O) groups excluding carboxylic acids is 1. The Hall–Kier alpha value is -4.46. The number of benzene rings is 3. The number of hydrogen-bond acceptors (Lipinski definition) is 6. The number of aliphatic hydroxyl groups excluding tert-OH is 2. The lowest BCUT2D eigenvalue weighted by molar-refractivity contribution is -0.148. The smallest absolute Gasteiger partial charge is 0.308 e. The predicted octanol–water partition coefficient (Wildman–Crippen LogP) is 9.60. The second-order valence-corrected chi connectivity index (χ2v) is 19.3. The van der Waals surface area contributed by atoms with Gasteiger partial charge in [0.2, 0.25) is 0 Å². The standard InChI is InChI=1S/C55H71NO6/c1-2-3-5-15-44-33-42(23-24-51(44)59)49-31-38-12-10-19-47(30-38)55(27-25-43-32-41-14-8-9-20-48(41)53(60)50(43)34-55)52(54(61)62)46(36-58)18-11-17-39(49)13-6-4-7-16-45(35-57)40-22-21-37(29-40)26-28-56/h8-12,14,18-20,23-24,29-30,32-33,35,39-40,43,45-46,49-50,52,58-60H,2-7,13,15-17,21-22,25-28,31,34,36,56H2,1H3,(H,61,62)/b18-11-/t39-,40-,43+,45+,46-,49-,50+,52+,55+/m0/s1. The Morgan fingerprint density at radius 3 is 2.58 bits per heavy atom. The molecule has 1 fully saturated rings. The van der Waals surface area contributed by atoms with E-state index in [0.29, 0.717) is 36.8 Å². The zero-order chi connectivity index (χ0) is 43.6. The van der Waals surface area contributed by atoms with Crippen molar-refractivity contribution in [1.29, 1.82) is 0 Å². The largest absolute Gasteiger partial charge is 0.511 e. The molecule has 0 radical (unpaired) electrons. The van der Waals surface area contributed by atoms with Crippen LogP contribution in [0.5, 0.6) is 5.75 Å². The van der Waals surface area contributed by atoms with E-state index >= 15 is 0 Å². The first-order chi connectivity index (χ1) is 30.2. The number of aliphatic carboxylic acids is 1. The molecule has 1 spiro atoms. The number of allylic oxidation sites excluding steroid dienone is 2. The van der Waals surface area contributed by atoms with Crippen LogP contribution in [0.25, 0.3) is 11.8 Å². The lowest BCUT2D eigenvalue weighted by Crippen LogP contribution is -2.51. The third-order valence-electron chi connectivity index (χ3n) is 15.5. The first-order valence-electron chi connectivity index (χ1n) is 24.0. The maximum absolute atomic E-state index is 13.7. The number of carbonyl (C=O) groups is 2. The van der Waals surface area contributed by atoms with E-state index < -0.39 is 23.2 Å². The molecule has 0 aromatic heterocycles. The summed E-state index contributed by atoms with van der Waals surface area (Å²) in [6.07, 6.45) is 25.2. The van der Waals surface area contributed by atoms with E-state index in [2.05, 4.69) is 61.5 Å². The summed E-state index contributed by atoms with van der Waals surface area (Å²) in [7, 11) is 0. The summed E-state index contributed by atoms with van der Waals surface area (Å²) < 4.78 is 0. The van der Waals surface area contributed by atoms with Gasteiger partial charge in [-0.3, -0.25) is 4.79 Å². The molecule has 0 unspecified atom stereocenters. The first kappa shape index (κ1) is 45.6. The number of aliphatic hydroxyl groups is 2. The Balaban J connectivity index is 1.22. The lowest BCUT2D eigenvalue weighted by atomic mass is 9.53. The van der Waals surface area contributed by atoms with Crippen molar-refractivity contribution in [1.82, 2.24) is 0 Å². The zero-order valence-corrected chi connectivity index (χ0v) is 37.0. The Bertz CT molecular complexity index is 2190. The lowest BCUT2D eigenvalue weighted by Gasteiger charge is -2.49. The number of rotatable bonds is 17. The number of nitrogens with two attached hydrogens (primary N) is 1. The molecule has 4 aliphatic carbocycles. The number of aldehydes is 1. The van der Waals surface area contributed by atoms with Crippen molar-refractivity contribution >= 4 is 24.1 Å². The second-order valence-electron chi connectivity index (χ2n) is 19.3. The molecule has 0 saturated heterocycles. The minimum atomic E-state index is -0.916. The maximum Gasteiger partial charge on any atom is 0.308 e. The average Bonchev–Trinajstić information content (AvgIpc) is 3.75. The minimum Gasteiger partial charge on any atom is -0.511 e. The summed E-state index contributed by atoms with van der Waals surface area (Å²) in [5, 5.41) is 47.1. The third-order valence-corrected chi connectivity index (χ3v) is 15.5. The van der Waals surface area contributed by atoms with Gasteiger partial charge < -0.3 is 31.0 Å². The first-order valence-corrected chi connectivity index (χ1v) is 24.0. The number of carboxylic acids is 1. The molecule has 7 nitrogen and oxygen atoms in total. The van der Waals surface area contributed by atoms with Crippen molar-refractivity contribution < 1.29 is 30.0 Å². The Morgan fingerprint density at radius 1 is 0.935 bits per heavy atom. The van der Waals surface area contributed by atoms with Gasteiger partial charge in [0.15, 0.2) is 0 Å². The van der Waals surface area contributed by atoms with Gasteiger partial charge in [-0.25, -0.2) is 0 Å². The monoisotopic (exact) mass is 842 g/mol. The van der Waals surface area contributed by atoms with Gasteiger partial charge in [0.1, 0.15) is 17.8 Å². The van der Waals surface area contributed by atoms with E-state index in [9.17, 15) is 30.0 Å². The number of phenolic OH excluding ortho intramolecular Hbond substituents is 1. The molecule has 0 amide bonds. The topological polar surface area (TPSA) is 141 Å². The fourth-order valence-electron chi connectivity index (χ4n) is 12.1. The van der Waals surface area contributed by atoms with E-state index in [1.807, 2.05) is 36.4 Å². The molecule has 3 aromatic rings. The van der Waals surface area contributed by atoms with E-state index in [-0.39, 0.29) is 36.2 Å². The molecular weight excluding hydrogens is 771 g/mol. The normalized spacial score (nSPS) is 28.1. The summed E-state index contributed by atoms with van der Waals surface area (Å²) in [5.41, 5.74) is 10.7. The average molecular weight is 842 g/mol. The summed E-state index contributed by atoms with van der Waals surface area (Å²) in [6.45, 7) is 2.56. The number of aromatic hydroxyl groups is 1. The van der Waals surface area contributed by atoms with Crippen molar-refractivity contribution in [2.75, 3.05) is 13.2 Å². The van der Waals surface area contributed by atoms with Gasteiger partial charge >= 0.3 is 5.97 Å². The van der Waals surface area contributed by atoms with Crippen LogP contribution in [0.3, 0.4) is 0 Å². The summed E-state index contributed by atoms with van der Waals surface area (Å²) >= 11 is 0. The fraction of sp³-hybridized carbons (Fsp3) is 0.527. The van der Waals surface area contributed by atoms with Gasteiger partial charge in [0.25, 0.3) is 0 Å². The highest BCUT2D eigenvalue weighted by molar-refractivity contribution is 5.74. The van der Waals surface area contributed by atoms with Gasteiger partial charge in [-0.1, -0.05) is 130 Å². The molecule has 3 aromatic carbocycles. The van der Waals surface area contributed by atoms with E-state index in [1.54, 1.807) is 0 Å². The number of carboxylic acid groups (broad SMARTS) is 1. The Kier molecular flexibility index (Phi) is 15.6. The molecule has 0 aliphatic heterocycles. The van der Waals surface area contributed by atoms with Crippen LogP contribution in [0.15, 0.2) is 90.5 Å². The number of unbranched alkanes of at least 4 members (excludes halogenated alkanes) is 4. The molecule has 2 bridgehead atoms. The van der Waals surface area contributed by atoms with Crippen LogP contribution >= 0.6 is 0 Å². The molecule has 4 aliphatic rings. The predicted molar refractivity (Wildman–Crippen MR) is 249 cm³/mol. The molecule has 1 saturated carbocycles. The zero-order valence-electron chi connectivity index (χ0n) is 37.0. The molecule has 7 heteroatoms. The van der Waals surface area contributed by atoms with Gasteiger partial charge in [-0.05, 0) is 141 Å². The fourth-order valence-corrected chi connectivity index (χ4v) is 12.1. The van der Waals surface area contributed by atoms with Crippen LogP contribution in [0.1, 0.15) is 131 Å². The van der Waals surface area contributed by atoms with Crippen molar-refractivity contribution in [3.05, 3.63) is 123 Å². The van der Waals surface area contributed by atoms with Crippen LogP contribution in [-0.2, 0) is 27.8 Å². The minimum absolute atomic E-state index is 0.0440. The van der Waals surface area contributed by atoms with Crippen LogP contribution in [0, 0.1) is 41.4 Å². The van der Waals surface area contributed by atoms with E-state index in [0.717, 1.165) is 123 Å². The molecule has 6 N–H and O–H groups in total. The second kappa shape index (κ2) is 21.3. The van der Waals surface area contributed by atoms with Crippen molar-refractivity contribution in [3.8, 4) is 5.75 Å². The van der Waals surface area contributed by atoms with E-state index in [4.69, 9.17) is 5.73 Å².